The zero-order valence-electron chi connectivity index (χ0n) is 16.3. The summed E-state index contributed by atoms with van der Waals surface area (Å²) in [6.07, 6.45) is 2.20. The van der Waals surface area contributed by atoms with E-state index >= 15 is 0 Å². The number of anilines is 2. The third-order valence-electron chi connectivity index (χ3n) is 4.85. The van der Waals surface area contributed by atoms with Gasteiger partial charge in [-0.05, 0) is 48.7 Å². The summed E-state index contributed by atoms with van der Waals surface area (Å²) in [4.78, 5) is 27.1. The molecule has 2 aromatic rings. The smallest absolute Gasteiger partial charge is 0.253 e. The van der Waals surface area contributed by atoms with Crippen molar-refractivity contribution in [3.63, 3.8) is 0 Å². The highest BCUT2D eigenvalue weighted by Gasteiger charge is 2.20. The Labute approximate surface area is 164 Å². The topological polar surface area (TPSA) is 61.4 Å². The van der Waals surface area contributed by atoms with E-state index < -0.39 is 0 Å². The van der Waals surface area contributed by atoms with E-state index in [4.69, 9.17) is 0 Å². The minimum Gasteiger partial charge on any atom is -0.371 e. The largest absolute Gasteiger partial charge is 0.371 e. The molecule has 0 saturated carbocycles. The summed E-state index contributed by atoms with van der Waals surface area (Å²) in [7, 11) is 0. The van der Waals surface area contributed by atoms with Gasteiger partial charge in [0.2, 0.25) is 5.91 Å². The molecule has 148 valence electrons. The van der Waals surface area contributed by atoms with Gasteiger partial charge >= 0.3 is 0 Å². The van der Waals surface area contributed by atoms with Crippen molar-refractivity contribution >= 4 is 23.2 Å². The number of amides is 2. The van der Waals surface area contributed by atoms with Crippen LogP contribution in [0.25, 0.3) is 0 Å². The fourth-order valence-electron chi connectivity index (χ4n) is 3.20. The number of nitrogens with zero attached hydrogens (tertiary/aromatic N) is 1. The van der Waals surface area contributed by atoms with E-state index in [2.05, 4.69) is 15.5 Å². The number of benzene rings is 2. The van der Waals surface area contributed by atoms with Crippen LogP contribution in [0.1, 0.15) is 42.6 Å². The maximum absolute atomic E-state index is 13.1. The molecule has 1 aliphatic heterocycles. The van der Waals surface area contributed by atoms with Gasteiger partial charge in [-0.3, -0.25) is 9.59 Å². The van der Waals surface area contributed by atoms with Gasteiger partial charge in [0.25, 0.3) is 5.91 Å². The molecule has 5 nitrogen and oxygen atoms in total. The molecule has 1 aliphatic rings. The van der Waals surface area contributed by atoms with Crippen LogP contribution in [0.3, 0.4) is 0 Å². The van der Waals surface area contributed by atoms with Crippen molar-refractivity contribution in [1.29, 1.82) is 0 Å². The van der Waals surface area contributed by atoms with E-state index in [9.17, 15) is 14.0 Å². The van der Waals surface area contributed by atoms with Crippen LogP contribution in [0, 0.1) is 11.7 Å². The van der Waals surface area contributed by atoms with Gasteiger partial charge in [-0.2, -0.15) is 0 Å². The first-order valence-electron chi connectivity index (χ1n) is 9.66. The Morgan fingerprint density at radius 1 is 1.07 bits per heavy atom. The predicted molar refractivity (Wildman–Crippen MR) is 109 cm³/mol. The predicted octanol–water partition coefficient (Wildman–Crippen LogP) is 3.95. The molecule has 2 N–H and O–H groups in total. The monoisotopic (exact) mass is 383 g/mol. The molecule has 0 aliphatic carbocycles. The number of nitrogens with one attached hydrogen (secondary N) is 2. The first kappa shape index (κ1) is 19.9. The van der Waals surface area contributed by atoms with Gasteiger partial charge < -0.3 is 15.5 Å². The van der Waals surface area contributed by atoms with Crippen LogP contribution < -0.4 is 15.5 Å². The number of rotatable bonds is 6. The summed E-state index contributed by atoms with van der Waals surface area (Å²) < 4.78 is 13.1. The van der Waals surface area contributed by atoms with Gasteiger partial charge in [-0.1, -0.05) is 26.0 Å². The van der Waals surface area contributed by atoms with Gasteiger partial charge in [0.1, 0.15) is 5.82 Å². The average Bonchev–Trinajstić information content (AvgIpc) is 3.21. The van der Waals surface area contributed by atoms with Crippen molar-refractivity contribution in [2.45, 2.75) is 33.2 Å². The van der Waals surface area contributed by atoms with E-state index in [1.807, 2.05) is 26.0 Å². The van der Waals surface area contributed by atoms with Crippen LogP contribution in [0.15, 0.2) is 42.5 Å². The van der Waals surface area contributed by atoms with Crippen LogP contribution >= 0.6 is 0 Å². The van der Waals surface area contributed by atoms with Crippen LogP contribution in [0.2, 0.25) is 0 Å². The maximum atomic E-state index is 13.1. The fraction of sp³-hybridized carbons (Fsp3) is 0.364. The Morgan fingerprint density at radius 2 is 1.75 bits per heavy atom. The van der Waals surface area contributed by atoms with Crippen molar-refractivity contribution in [3.8, 4) is 0 Å². The van der Waals surface area contributed by atoms with Crippen molar-refractivity contribution in [2.75, 3.05) is 23.3 Å². The average molecular weight is 383 g/mol. The normalized spacial score (nSPS) is 13.6. The second-order valence-corrected chi connectivity index (χ2v) is 7.38. The van der Waals surface area contributed by atoms with Crippen molar-refractivity contribution < 1.29 is 14.0 Å². The lowest BCUT2D eigenvalue weighted by atomic mass is 10.1. The van der Waals surface area contributed by atoms with E-state index in [-0.39, 0.29) is 23.5 Å². The minimum atomic E-state index is -0.306. The summed E-state index contributed by atoms with van der Waals surface area (Å²) in [5.41, 5.74) is 2.83. The van der Waals surface area contributed by atoms with Crippen LogP contribution in [-0.4, -0.2) is 24.9 Å². The van der Waals surface area contributed by atoms with Crippen molar-refractivity contribution in [3.05, 3.63) is 59.4 Å². The molecule has 1 saturated heterocycles. The van der Waals surface area contributed by atoms with Gasteiger partial charge in [0, 0.05) is 36.9 Å². The first-order valence-corrected chi connectivity index (χ1v) is 9.66. The number of hydrogen-bond acceptors (Lipinski definition) is 3. The number of hydrogen-bond donors (Lipinski definition) is 2. The first-order chi connectivity index (χ1) is 13.4. The zero-order chi connectivity index (χ0) is 20.1. The Morgan fingerprint density at radius 3 is 2.39 bits per heavy atom. The van der Waals surface area contributed by atoms with E-state index in [0.29, 0.717) is 17.8 Å². The SMILES string of the molecule is CC(C)C(=O)Nc1ccc(N2CCCC2)c(C(=O)NCc2ccc(F)cc2)c1. The molecule has 2 amide bonds. The molecule has 2 aromatic carbocycles. The van der Waals surface area contributed by atoms with Gasteiger partial charge in [0.05, 0.1) is 5.56 Å². The summed E-state index contributed by atoms with van der Waals surface area (Å²) in [5, 5.41) is 5.76. The third kappa shape index (κ3) is 4.88. The van der Waals surface area contributed by atoms with Crippen LogP contribution in [0.5, 0.6) is 0 Å². The lowest BCUT2D eigenvalue weighted by Crippen LogP contribution is -2.27. The van der Waals surface area contributed by atoms with Crippen LogP contribution in [-0.2, 0) is 11.3 Å². The van der Waals surface area contributed by atoms with E-state index in [0.717, 1.165) is 37.2 Å². The second-order valence-electron chi connectivity index (χ2n) is 7.38. The molecule has 6 heteroatoms. The van der Waals surface area contributed by atoms with Gasteiger partial charge in [0.15, 0.2) is 0 Å². The van der Waals surface area contributed by atoms with Gasteiger partial charge in [-0.15, -0.1) is 0 Å². The third-order valence-corrected chi connectivity index (χ3v) is 4.85. The number of carbonyl (C=O) groups is 2. The lowest BCUT2D eigenvalue weighted by Gasteiger charge is -2.22. The molecule has 0 spiro atoms. The summed E-state index contributed by atoms with van der Waals surface area (Å²) >= 11 is 0. The molecule has 0 atom stereocenters. The highest BCUT2D eigenvalue weighted by Crippen LogP contribution is 2.28. The zero-order valence-corrected chi connectivity index (χ0v) is 16.3. The highest BCUT2D eigenvalue weighted by atomic mass is 19.1. The maximum Gasteiger partial charge on any atom is 0.253 e. The molecule has 1 heterocycles. The Bertz CT molecular complexity index is 843. The molecule has 0 aromatic heterocycles. The number of halogens is 1. The second kappa shape index (κ2) is 8.87. The van der Waals surface area contributed by atoms with E-state index in [1.165, 1.54) is 12.1 Å². The molecular formula is C22H26FN3O2. The molecule has 28 heavy (non-hydrogen) atoms. The van der Waals surface area contributed by atoms with Crippen molar-refractivity contribution in [2.24, 2.45) is 5.92 Å². The minimum absolute atomic E-state index is 0.0911. The summed E-state index contributed by atoms with van der Waals surface area (Å²) in [5.74, 6) is -0.757. The molecule has 0 unspecified atom stereocenters. The molecule has 0 radical (unpaired) electrons. The Balaban J connectivity index is 1.80. The van der Waals surface area contributed by atoms with E-state index in [1.54, 1.807) is 18.2 Å². The highest BCUT2D eigenvalue weighted by molar-refractivity contribution is 6.02. The van der Waals surface area contributed by atoms with Crippen LogP contribution in [0.4, 0.5) is 15.8 Å². The Hall–Kier alpha value is -2.89. The lowest BCUT2D eigenvalue weighted by molar-refractivity contribution is -0.118. The number of carbonyl (C=O) groups excluding carboxylic acids is 2. The summed E-state index contributed by atoms with van der Waals surface area (Å²) in [6, 6.07) is 11.5. The Kier molecular flexibility index (Phi) is 6.29. The molecular weight excluding hydrogens is 357 g/mol. The molecule has 3 rings (SSSR count). The fourth-order valence-corrected chi connectivity index (χ4v) is 3.20. The molecule has 0 bridgehead atoms. The van der Waals surface area contributed by atoms with Crippen molar-refractivity contribution in [1.82, 2.24) is 5.32 Å². The summed E-state index contributed by atoms with van der Waals surface area (Å²) in [6.45, 7) is 5.78. The molecule has 1 fully saturated rings. The standard InChI is InChI=1S/C22H26FN3O2/c1-15(2)21(27)25-18-9-10-20(26-11-3-4-12-26)19(13-18)22(28)24-14-16-5-7-17(23)8-6-16/h5-10,13,15H,3-4,11-12,14H2,1-2H3,(H,24,28)(H,25,27). The van der Waals surface area contributed by atoms with Gasteiger partial charge in [-0.25, -0.2) is 4.39 Å². The quantitative estimate of drug-likeness (QED) is 0.794.